The monoisotopic (exact) mass is 195 g/mol. The second-order valence-corrected chi connectivity index (χ2v) is 3.92. The highest BCUT2D eigenvalue weighted by molar-refractivity contribution is 4.97. The van der Waals surface area contributed by atoms with Crippen molar-refractivity contribution in [1.82, 2.24) is 15.5 Å². The molecule has 1 heterocycles. The SMILES string of the molecule is OC1CCCCC1NCc1ccn[nH]1. The predicted molar refractivity (Wildman–Crippen MR) is 53.7 cm³/mol. The number of aromatic nitrogens is 2. The van der Waals surface area contributed by atoms with Gasteiger partial charge in [-0.2, -0.15) is 5.10 Å². The van der Waals surface area contributed by atoms with Gasteiger partial charge in [0.15, 0.2) is 0 Å². The third kappa shape index (κ3) is 2.33. The van der Waals surface area contributed by atoms with E-state index in [2.05, 4.69) is 15.5 Å². The number of hydrogen-bond acceptors (Lipinski definition) is 3. The highest BCUT2D eigenvalue weighted by Crippen LogP contribution is 2.18. The van der Waals surface area contributed by atoms with Gasteiger partial charge in [-0.05, 0) is 18.9 Å². The zero-order chi connectivity index (χ0) is 9.80. The van der Waals surface area contributed by atoms with Crippen LogP contribution in [0.25, 0.3) is 0 Å². The molecule has 0 radical (unpaired) electrons. The van der Waals surface area contributed by atoms with E-state index < -0.39 is 0 Å². The highest BCUT2D eigenvalue weighted by Gasteiger charge is 2.22. The van der Waals surface area contributed by atoms with Crippen LogP contribution in [0.5, 0.6) is 0 Å². The molecule has 1 saturated carbocycles. The van der Waals surface area contributed by atoms with Crippen molar-refractivity contribution < 1.29 is 5.11 Å². The molecule has 1 fully saturated rings. The number of aromatic amines is 1. The maximum atomic E-state index is 9.71. The Labute approximate surface area is 83.7 Å². The Hall–Kier alpha value is -0.870. The van der Waals surface area contributed by atoms with Gasteiger partial charge in [0.05, 0.1) is 6.10 Å². The quantitative estimate of drug-likeness (QED) is 0.668. The summed E-state index contributed by atoms with van der Waals surface area (Å²) in [4.78, 5) is 0. The van der Waals surface area contributed by atoms with Gasteiger partial charge in [0.25, 0.3) is 0 Å². The van der Waals surface area contributed by atoms with E-state index in [0.29, 0.717) is 0 Å². The Bertz CT molecular complexity index is 260. The van der Waals surface area contributed by atoms with Crippen molar-refractivity contribution in [3.8, 4) is 0 Å². The van der Waals surface area contributed by atoms with Gasteiger partial charge < -0.3 is 10.4 Å². The molecule has 14 heavy (non-hydrogen) atoms. The first-order valence-corrected chi connectivity index (χ1v) is 5.26. The lowest BCUT2D eigenvalue weighted by molar-refractivity contribution is 0.0901. The molecular weight excluding hydrogens is 178 g/mol. The number of hydrogen-bond donors (Lipinski definition) is 3. The van der Waals surface area contributed by atoms with Gasteiger partial charge in [-0.15, -0.1) is 0 Å². The smallest absolute Gasteiger partial charge is 0.0693 e. The molecule has 3 N–H and O–H groups in total. The van der Waals surface area contributed by atoms with Crippen molar-refractivity contribution in [2.24, 2.45) is 0 Å². The van der Waals surface area contributed by atoms with Crippen LogP contribution >= 0.6 is 0 Å². The minimum atomic E-state index is -0.174. The molecule has 2 unspecified atom stereocenters. The van der Waals surface area contributed by atoms with E-state index in [1.807, 2.05) is 6.07 Å². The molecule has 1 aliphatic carbocycles. The van der Waals surface area contributed by atoms with E-state index >= 15 is 0 Å². The number of aliphatic hydroxyl groups excluding tert-OH is 1. The van der Waals surface area contributed by atoms with E-state index in [4.69, 9.17) is 0 Å². The van der Waals surface area contributed by atoms with Gasteiger partial charge in [-0.1, -0.05) is 12.8 Å². The van der Waals surface area contributed by atoms with Crippen LogP contribution in [0, 0.1) is 0 Å². The normalized spacial score (nSPS) is 27.8. The molecule has 4 nitrogen and oxygen atoms in total. The molecule has 0 spiro atoms. The first-order chi connectivity index (χ1) is 6.86. The molecule has 4 heteroatoms. The Morgan fingerprint density at radius 1 is 1.50 bits per heavy atom. The first-order valence-electron chi connectivity index (χ1n) is 5.26. The highest BCUT2D eigenvalue weighted by atomic mass is 16.3. The van der Waals surface area contributed by atoms with Crippen molar-refractivity contribution in [3.63, 3.8) is 0 Å². The van der Waals surface area contributed by atoms with Crippen molar-refractivity contribution in [1.29, 1.82) is 0 Å². The number of rotatable bonds is 3. The van der Waals surface area contributed by atoms with Gasteiger partial charge in [-0.3, -0.25) is 5.10 Å². The molecule has 1 aliphatic rings. The minimum Gasteiger partial charge on any atom is -0.392 e. The topological polar surface area (TPSA) is 60.9 Å². The third-order valence-electron chi connectivity index (χ3n) is 2.84. The summed E-state index contributed by atoms with van der Waals surface area (Å²) in [6, 6.07) is 2.20. The van der Waals surface area contributed by atoms with Gasteiger partial charge in [-0.25, -0.2) is 0 Å². The maximum absolute atomic E-state index is 9.71. The Morgan fingerprint density at radius 2 is 2.36 bits per heavy atom. The molecule has 1 aromatic rings. The fraction of sp³-hybridized carbons (Fsp3) is 0.700. The summed E-state index contributed by atoms with van der Waals surface area (Å²) in [6.07, 6.45) is 5.96. The van der Waals surface area contributed by atoms with E-state index in [0.717, 1.165) is 31.5 Å². The van der Waals surface area contributed by atoms with Crippen LogP contribution in [0.3, 0.4) is 0 Å². The molecular formula is C10H17N3O. The van der Waals surface area contributed by atoms with Crippen LogP contribution in [-0.4, -0.2) is 27.4 Å². The number of nitrogens with zero attached hydrogens (tertiary/aromatic N) is 1. The molecule has 78 valence electrons. The molecule has 2 rings (SSSR count). The summed E-state index contributed by atoms with van der Waals surface area (Å²) >= 11 is 0. The van der Waals surface area contributed by atoms with Crippen LogP contribution < -0.4 is 5.32 Å². The average molecular weight is 195 g/mol. The molecule has 2 atom stereocenters. The summed E-state index contributed by atoms with van der Waals surface area (Å²) in [6.45, 7) is 0.766. The lowest BCUT2D eigenvalue weighted by atomic mass is 9.92. The Balaban J connectivity index is 1.79. The van der Waals surface area contributed by atoms with Crippen LogP contribution in [-0.2, 0) is 6.54 Å². The first kappa shape index (κ1) is 9.68. The van der Waals surface area contributed by atoms with E-state index in [-0.39, 0.29) is 12.1 Å². The molecule has 0 aliphatic heterocycles. The van der Waals surface area contributed by atoms with Crippen molar-refractivity contribution in [2.75, 3.05) is 0 Å². The average Bonchev–Trinajstić information content (AvgIpc) is 2.69. The number of H-pyrrole nitrogens is 1. The van der Waals surface area contributed by atoms with Gasteiger partial charge in [0.2, 0.25) is 0 Å². The molecule has 1 aromatic heterocycles. The van der Waals surface area contributed by atoms with E-state index in [1.54, 1.807) is 6.20 Å². The molecule has 0 saturated heterocycles. The molecule has 0 amide bonds. The lowest BCUT2D eigenvalue weighted by Crippen LogP contribution is -2.41. The Morgan fingerprint density at radius 3 is 3.07 bits per heavy atom. The fourth-order valence-electron chi connectivity index (χ4n) is 1.97. The standard InChI is InChI=1S/C10H17N3O/c14-10-4-2-1-3-9(10)11-7-8-5-6-12-13-8/h5-6,9-11,14H,1-4,7H2,(H,12,13). The van der Waals surface area contributed by atoms with Crippen LogP contribution in [0.4, 0.5) is 0 Å². The van der Waals surface area contributed by atoms with E-state index in [1.165, 1.54) is 6.42 Å². The van der Waals surface area contributed by atoms with E-state index in [9.17, 15) is 5.11 Å². The van der Waals surface area contributed by atoms with Gasteiger partial charge in [0.1, 0.15) is 0 Å². The fourth-order valence-corrected chi connectivity index (χ4v) is 1.97. The van der Waals surface area contributed by atoms with Gasteiger partial charge in [0, 0.05) is 24.5 Å². The molecule has 0 bridgehead atoms. The second kappa shape index (κ2) is 4.57. The Kier molecular flexibility index (Phi) is 3.16. The lowest BCUT2D eigenvalue weighted by Gasteiger charge is -2.28. The second-order valence-electron chi connectivity index (χ2n) is 3.92. The number of aliphatic hydroxyl groups is 1. The van der Waals surface area contributed by atoms with Crippen LogP contribution in [0.15, 0.2) is 12.3 Å². The third-order valence-corrected chi connectivity index (χ3v) is 2.84. The molecule has 0 aromatic carbocycles. The summed E-state index contributed by atoms with van der Waals surface area (Å²) in [5.74, 6) is 0. The van der Waals surface area contributed by atoms with Crippen LogP contribution in [0.2, 0.25) is 0 Å². The van der Waals surface area contributed by atoms with Gasteiger partial charge >= 0.3 is 0 Å². The summed E-state index contributed by atoms with van der Waals surface area (Å²) in [7, 11) is 0. The maximum Gasteiger partial charge on any atom is 0.0693 e. The van der Waals surface area contributed by atoms with Crippen molar-refractivity contribution in [2.45, 2.75) is 44.4 Å². The zero-order valence-corrected chi connectivity index (χ0v) is 8.24. The summed E-state index contributed by atoms with van der Waals surface area (Å²) in [5.41, 5.74) is 1.07. The van der Waals surface area contributed by atoms with Crippen molar-refractivity contribution >= 4 is 0 Å². The largest absolute Gasteiger partial charge is 0.392 e. The number of nitrogens with one attached hydrogen (secondary N) is 2. The predicted octanol–water partition coefficient (Wildman–Crippen LogP) is 0.803. The zero-order valence-electron chi connectivity index (χ0n) is 8.24. The summed E-state index contributed by atoms with van der Waals surface area (Å²) in [5, 5.41) is 19.8. The summed E-state index contributed by atoms with van der Waals surface area (Å²) < 4.78 is 0. The minimum absolute atomic E-state index is 0.174. The van der Waals surface area contributed by atoms with Crippen molar-refractivity contribution in [3.05, 3.63) is 18.0 Å². The van der Waals surface area contributed by atoms with Crippen LogP contribution in [0.1, 0.15) is 31.4 Å².